The highest BCUT2D eigenvalue weighted by atomic mass is 16.4. The molecule has 0 saturated heterocycles. The summed E-state index contributed by atoms with van der Waals surface area (Å²) in [5, 5.41) is 22.3. The van der Waals surface area contributed by atoms with Crippen LogP contribution in [0, 0.1) is 0 Å². The summed E-state index contributed by atoms with van der Waals surface area (Å²) < 4.78 is 0. The Hall–Kier alpha value is -2.64. The molecule has 1 rings (SSSR count). The SMILES string of the molecule is CC(NC(=O)N[C@@H](CCC(=O)O)C(=O)O)c1cccnc1. The van der Waals surface area contributed by atoms with Crippen LogP contribution in [0.5, 0.6) is 0 Å². The smallest absolute Gasteiger partial charge is 0.326 e. The molecule has 0 aliphatic heterocycles. The third kappa shape index (κ3) is 5.89. The third-order valence-electron chi connectivity index (χ3n) is 2.78. The molecule has 1 heterocycles. The van der Waals surface area contributed by atoms with E-state index in [2.05, 4.69) is 15.6 Å². The molecule has 8 heteroatoms. The van der Waals surface area contributed by atoms with Gasteiger partial charge in [0.05, 0.1) is 6.04 Å². The van der Waals surface area contributed by atoms with Crippen LogP contribution in [0.25, 0.3) is 0 Å². The van der Waals surface area contributed by atoms with Crippen molar-refractivity contribution < 1.29 is 24.6 Å². The standard InChI is InChI=1S/C13H17N3O5/c1-8(9-3-2-6-14-7-9)15-13(21)16-10(12(19)20)4-5-11(17)18/h2-3,6-8,10H,4-5H2,1H3,(H,17,18)(H,19,20)(H2,15,16,21)/t8?,10-/m0/s1. The van der Waals surface area contributed by atoms with Gasteiger partial charge in [-0.15, -0.1) is 0 Å². The van der Waals surface area contributed by atoms with Gasteiger partial charge in [-0.1, -0.05) is 6.07 Å². The van der Waals surface area contributed by atoms with Gasteiger partial charge in [0.2, 0.25) is 0 Å². The van der Waals surface area contributed by atoms with Gasteiger partial charge in [-0.3, -0.25) is 9.78 Å². The van der Waals surface area contributed by atoms with Crippen molar-refractivity contribution in [3.63, 3.8) is 0 Å². The number of carbonyl (C=O) groups excluding carboxylic acids is 1. The number of carboxylic acids is 2. The minimum atomic E-state index is -1.28. The first-order valence-electron chi connectivity index (χ1n) is 6.31. The molecular weight excluding hydrogens is 278 g/mol. The normalized spacial score (nSPS) is 13.0. The molecule has 8 nitrogen and oxygen atoms in total. The zero-order chi connectivity index (χ0) is 15.8. The van der Waals surface area contributed by atoms with Gasteiger partial charge < -0.3 is 20.8 Å². The van der Waals surface area contributed by atoms with Crippen molar-refractivity contribution >= 4 is 18.0 Å². The number of aliphatic carboxylic acids is 2. The molecule has 1 aromatic rings. The number of carbonyl (C=O) groups is 3. The molecule has 0 aliphatic rings. The molecule has 0 saturated carbocycles. The van der Waals surface area contributed by atoms with E-state index in [4.69, 9.17) is 10.2 Å². The van der Waals surface area contributed by atoms with Gasteiger partial charge in [-0.05, 0) is 25.0 Å². The maximum atomic E-state index is 11.7. The van der Waals surface area contributed by atoms with Gasteiger partial charge in [0.25, 0.3) is 0 Å². The van der Waals surface area contributed by atoms with E-state index in [-0.39, 0.29) is 18.9 Å². The van der Waals surface area contributed by atoms with Gasteiger partial charge in [0.15, 0.2) is 0 Å². The Morgan fingerprint density at radius 3 is 2.52 bits per heavy atom. The summed E-state index contributed by atoms with van der Waals surface area (Å²) >= 11 is 0. The van der Waals surface area contributed by atoms with Crippen molar-refractivity contribution in [2.24, 2.45) is 0 Å². The number of hydrogen-bond acceptors (Lipinski definition) is 4. The zero-order valence-corrected chi connectivity index (χ0v) is 11.4. The molecule has 0 bridgehead atoms. The molecule has 2 atom stereocenters. The Balaban J connectivity index is 2.54. The van der Waals surface area contributed by atoms with Crippen LogP contribution >= 0.6 is 0 Å². The number of rotatable bonds is 7. The maximum Gasteiger partial charge on any atom is 0.326 e. The van der Waals surface area contributed by atoms with Gasteiger partial charge >= 0.3 is 18.0 Å². The lowest BCUT2D eigenvalue weighted by molar-refractivity contribution is -0.140. The van der Waals surface area contributed by atoms with Crippen molar-refractivity contribution in [1.29, 1.82) is 0 Å². The fraction of sp³-hybridized carbons (Fsp3) is 0.385. The molecule has 4 N–H and O–H groups in total. The molecule has 1 aromatic heterocycles. The van der Waals surface area contributed by atoms with Crippen molar-refractivity contribution in [2.75, 3.05) is 0 Å². The summed E-state index contributed by atoms with van der Waals surface area (Å²) in [6, 6.07) is 1.22. The van der Waals surface area contributed by atoms with Crippen LogP contribution in [-0.2, 0) is 9.59 Å². The lowest BCUT2D eigenvalue weighted by Gasteiger charge is -2.18. The topological polar surface area (TPSA) is 129 Å². The van der Waals surface area contributed by atoms with Crippen LogP contribution in [-0.4, -0.2) is 39.2 Å². The van der Waals surface area contributed by atoms with E-state index in [0.29, 0.717) is 0 Å². The van der Waals surface area contributed by atoms with Crippen LogP contribution in [0.15, 0.2) is 24.5 Å². The van der Waals surface area contributed by atoms with E-state index in [1.165, 1.54) is 0 Å². The van der Waals surface area contributed by atoms with E-state index in [0.717, 1.165) is 5.56 Å². The minimum Gasteiger partial charge on any atom is -0.481 e. The van der Waals surface area contributed by atoms with Crippen molar-refractivity contribution in [1.82, 2.24) is 15.6 Å². The molecule has 1 unspecified atom stereocenters. The first-order chi connectivity index (χ1) is 9.90. The third-order valence-corrected chi connectivity index (χ3v) is 2.78. The summed E-state index contributed by atoms with van der Waals surface area (Å²) in [7, 11) is 0. The van der Waals surface area contributed by atoms with E-state index in [1.54, 1.807) is 31.5 Å². The monoisotopic (exact) mass is 295 g/mol. The Kier molecular flexibility index (Phi) is 6.12. The number of urea groups is 1. The first-order valence-corrected chi connectivity index (χ1v) is 6.31. The van der Waals surface area contributed by atoms with Crippen molar-refractivity contribution in [2.45, 2.75) is 31.8 Å². The molecule has 21 heavy (non-hydrogen) atoms. The summed E-state index contributed by atoms with van der Waals surface area (Å²) in [5.74, 6) is -2.40. The highest BCUT2D eigenvalue weighted by Gasteiger charge is 2.21. The second-order valence-corrected chi connectivity index (χ2v) is 4.45. The van der Waals surface area contributed by atoms with Crippen molar-refractivity contribution in [3.8, 4) is 0 Å². The van der Waals surface area contributed by atoms with Gasteiger partial charge in [0.1, 0.15) is 6.04 Å². The van der Waals surface area contributed by atoms with E-state index in [9.17, 15) is 14.4 Å². The number of amides is 2. The average Bonchev–Trinajstić information content (AvgIpc) is 2.43. The molecular formula is C13H17N3O5. The number of hydrogen-bond donors (Lipinski definition) is 4. The second kappa shape index (κ2) is 7.83. The molecule has 0 fully saturated rings. The second-order valence-electron chi connectivity index (χ2n) is 4.45. The number of aromatic nitrogens is 1. The molecule has 114 valence electrons. The largest absolute Gasteiger partial charge is 0.481 e. The van der Waals surface area contributed by atoms with Gasteiger partial charge in [0, 0.05) is 18.8 Å². The first kappa shape index (κ1) is 16.4. The van der Waals surface area contributed by atoms with Crippen LogP contribution in [0.3, 0.4) is 0 Å². The fourth-order valence-corrected chi connectivity index (χ4v) is 1.64. The van der Waals surface area contributed by atoms with E-state index < -0.39 is 24.0 Å². The molecule has 2 amide bonds. The number of nitrogens with one attached hydrogen (secondary N) is 2. The molecule has 0 spiro atoms. The summed E-state index contributed by atoms with van der Waals surface area (Å²) in [6.07, 6.45) is 2.67. The Morgan fingerprint density at radius 1 is 1.29 bits per heavy atom. The number of nitrogens with zero attached hydrogens (tertiary/aromatic N) is 1. The Morgan fingerprint density at radius 2 is 2.00 bits per heavy atom. The summed E-state index contributed by atoms with van der Waals surface area (Å²) in [4.78, 5) is 37.1. The van der Waals surface area contributed by atoms with Crippen LogP contribution in [0.2, 0.25) is 0 Å². The van der Waals surface area contributed by atoms with Crippen molar-refractivity contribution in [3.05, 3.63) is 30.1 Å². The molecule has 0 aliphatic carbocycles. The predicted octanol–water partition coefficient (Wildman–Crippen LogP) is 0.760. The lowest BCUT2D eigenvalue weighted by Crippen LogP contribution is -2.46. The fourth-order valence-electron chi connectivity index (χ4n) is 1.64. The van der Waals surface area contributed by atoms with Crippen LogP contribution < -0.4 is 10.6 Å². The Bertz CT molecular complexity index is 506. The van der Waals surface area contributed by atoms with E-state index >= 15 is 0 Å². The molecule has 0 radical (unpaired) electrons. The highest BCUT2D eigenvalue weighted by Crippen LogP contribution is 2.09. The highest BCUT2D eigenvalue weighted by molar-refractivity contribution is 5.83. The Labute approximate surface area is 121 Å². The van der Waals surface area contributed by atoms with Gasteiger partial charge in [-0.25, -0.2) is 9.59 Å². The maximum absolute atomic E-state index is 11.7. The molecule has 0 aromatic carbocycles. The number of pyridine rings is 1. The predicted molar refractivity (Wildman–Crippen MR) is 72.6 cm³/mol. The van der Waals surface area contributed by atoms with E-state index in [1.807, 2.05) is 0 Å². The van der Waals surface area contributed by atoms with Gasteiger partial charge in [-0.2, -0.15) is 0 Å². The van der Waals surface area contributed by atoms with Crippen LogP contribution in [0.4, 0.5) is 4.79 Å². The lowest BCUT2D eigenvalue weighted by atomic mass is 10.1. The van der Waals surface area contributed by atoms with Crippen LogP contribution in [0.1, 0.15) is 31.4 Å². The number of carboxylic acid groups (broad SMARTS) is 2. The quantitative estimate of drug-likeness (QED) is 0.588. The summed E-state index contributed by atoms with van der Waals surface area (Å²) in [5.41, 5.74) is 0.769. The average molecular weight is 295 g/mol. The summed E-state index contributed by atoms with van der Waals surface area (Å²) in [6.45, 7) is 1.73. The minimum absolute atomic E-state index is 0.181. The zero-order valence-electron chi connectivity index (χ0n) is 11.4.